The van der Waals surface area contributed by atoms with Crippen molar-refractivity contribution in [2.45, 2.75) is 12.6 Å². The van der Waals surface area contributed by atoms with Gasteiger partial charge in [0.25, 0.3) is 0 Å². The number of benzene rings is 1. The van der Waals surface area contributed by atoms with Gasteiger partial charge in [-0.3, -0.25) is 9.59 Å². The van der Waals surface area contributed by atoms with Crippen molar-refractivity contribution in [3.63, 3.8) is 0 Å². The summed E-state index contributed by atoms with van der Waals surface area (Å²) in [5.41, 5.74) is -0.0799. The van der Waals surface area contributed by atoms with E-state index in [-0.39, 0.29) is 5.56 Å². The number of Topliss-reactive ketones (excluding diaryl/α,β-unsaturated/α-hetero) is 1. The second-order valence-corrected chi connectivity index (χ2v) is 3.60. The average molecular weight is 260 g/mol. The van der Waals surface area contributed by atoms with Gasteiger partial charge >= 0.3 is 12.1 Å². The molecule has 6 heteroatoms. The molecule has 1 unspecified atom stereocenters. The molecule has 1 aromatic carbocycles. The van der Waals surface area contributed by atoms with Gasteiger partial charge in [-0.05, 0) is 0 Å². The zero-order chi connectivity index (χ0) is 13.8. The molecule has 98 valence electrons. The number of ether oxygens (including phenoxy) is 1. The largest absolute Gasteiger partial charge is 0.469 e. The Labute approximate surface area is 102 Å². The summed E-state index contributed by atoms with van der Waals surface area (Å²) in [7, 11) is 0.975. The maximum atomic E-state index is 12.7. The molecule has 0 fully saturated rings. The highest BCUT2D eigenvalue weighted by atomic mass is 19.4. The van der Waals surface area contributed by atoms with E-state index in [9.17, 15) is 22.8 Å². The van der Waals surface area contributed by atoms with E-state index in [1.54, 1.807) is 6.07 Å². The molecule has 0 aromatic heterocycles. The van der Waals surface area contributed by atoms with Crippen LogP contribution in [0.5, 0.6) is 0 Å². The molecule has 1 atom stereocenters. The first kappa shape index (κ1) is 14.2. The van der Waals surface area contributed by atoms with Crippen LogP contribution in [-0.2, 0) is 9.53 Å². The molecule has 18 heavy (non-hydrogen) atoms. The highest BCUT2D eigenvalue weighted by molar-refractivity contribution is 5.99. The lowest BCUT2D eigenvalue weighted by Gasteiger charge is -2.17. The van der Waals surface area contributed by atoms with Gasteiger partial charge in [-0.25, -0.2) is 0 Å². The van der Waals surface area contributed by atoms with Crippen molar-refractivity contribution in [3.8, 4) is 0 Å². The molecule has 0 bridgehead atoms. The molecule has 0 saturated carbocycles. The molecule has 0 N–H and O–H groups in total. The van der Waals surface area contributed by atoms with Gasteiger partial charge in [-0.15, -0.1) is 0 Å². The number of hydrogen-bond acceptors (Lipinski definition) is 3. The minimum absolute atomic E-state index is 0.0799. The molecule has 0 aliphatic carbocycles. The molecule has 1 rings (SSSR count). The molecule has 0 heterocycles. The first-order chi connectivity index (χ1) is 8.36. The predicted molar refractivity (Wildman–Crippen MR) is 57.0 cm³/mol. The number of hydrogen-bond donors (Lipinski definition) is 0. The van der Waals surface area contributed by atoms with Crippen LogP contribution >= 0.6 is 0 Å². The van der Waals surface area contributed by atoms with Crippen LogP contribution < -0.4 is 0 Å². The summed E-state index contributed by atoms with van der Waals surface area (Å²) in [6.07, 6.45) is -5.78. The number of alkyl halides is 3. The molecule has 0 saturated heterocycles. The third kappa shape index (κ3) is 3.58. The Bertz CT molecular complexity index is 426. The monoisotopic (exact) mass is 260 g/mol. The zero-order valence-electron chi connectivity index (χ0n) is 9.53. The maximum Gasteiger partial charge on any atom is 0.399 e. The Balaban J connectivity index is 2.97. The fraction of sp³-hybridized carbons (Fsp3) is 0.333. The lowest BCUT2D eigenvalue weighted by Crippen LogP contribution is -2.33. The minimum Gasteiger partial charge on any atom is -0.469 e. The summed E-state index contributed by atoms with van der Waals surface area (Å²) in [4.78, 5) is 22.6. The van der Waals surface area contributed by atoms with Crippen molar-refractivity contribution < 1.29 is 27.5 Å². The van der Waals surface area contributed by atoms with E-state index in [0.717, 1.165) is 7.11 Å². The number of halogens is 3. The fourth-order valence-corrected chi connectivity index (χ4v) is 1.41. The van der Waals surface area contributed by atoms with Gasteiger partial charge in [0, 0.05) is 5.56 Å². The minimum atomic E-state index is -4.78. The van der Waals surface area contributed by atoms with Crippen LogP contribution in [0, 0.1) is 5.92 Å². The van der Waals surface area contributed by atoms with Crippen molar-refractivity contribution >= 4 is 11.8 Å². The van der Waals surface area contributed by atoms with Crippen molar-refractivity contribution in [1.82, 2.24) is 0 Å². The van der Waals surface area contributed by atoms with E-state index < -0.39 is 30.3 Å². The van der Waals surface area contributed by atoms with Gasteiger partial charge in [0.1, 0.15) is 5.92 Å². The van der Waals surface area contributed by atoms with E-state index in [1.165, 1.54) is 24.3 Å². The van der Waals surface area contributed by atoms with Gasteiger partial charge in [-0.2, -0.15) is 13.2 Å². The summed E-state index contributed by atoms with van der Waals surface area (Å²) in [6, 6.07) is 7.05. The Kier molecular flexibility index (Phi) is 4.47. The Morgan fingerprint density at radius 2 is 1.78 bits per heavy atom. The quantitative estimate of drug-likeness (QED) is 0.617. The van der Waals surface area contributed by atoms with E-state index in [2.05, 4.69) is 4.74 Å². The lowest BCUT2D eigenvalue weighted by atomic mass is 9.94. The third-order valence-electron chi connectivity index (χ3n) is 2.37. The normalized spacial score (nSPS) is 12.9. The van der Waals surface area contributed by atoms with E-state index in [1.807, 2.05) is 0 Å². The SMILES string of the molecule is COC(=O)CC(C(=O)c1ccccc1)C(F)(F)F. The van der Waals surface area contributed by atoms with Crippen LogP contribution in [0.3, 0.4) is 0 Å². The van der Waals surface area contributed by atoms with Gasteiger partial charge in [0.2, 0.25) is 0 Å². The topological polar surface area (TPSA) is 43.4 Å². The summed E-state index contributed by atoms with van der Waals surface area (Å²) < 4.78 is 42.3. The number of carbonyl (C=O) groups excluding carboxylic acids is 2. The van der Waals surface area contributed by atoms with Crippen molar-refractivity contribution in [3.05, 3.63) is 35.9 Å². The molecule has 0 aliphatic heterocycles. The first-order valence-corrected chi connectivity index (χ1v) is 5.09. The number of ketones is 1. The fourth-order valence-electron chi connectivity index (χ4n) is 1.41. The van der Waals surface area contributed by atoms with Crippen LogP contribution in [0.4, 0.5) is 13.2 Å². The summed E-state index contributed by atoms with van der Waals surface area (Å²) in [6.45, 7) is 0. The predicted octanol–water partition coefficient (Wildman–Crippen LogP) is 2.61. The van der Waals surface area contributed by atoms with Crippen LogP contribution in [-0.4, -0.2) is 25.0 Å². The van der Waals surface area contributed by atoms with E-state index in [0.29, 0.717) is 0 Å². The number of rotatable bonds is 4. The summed E-state index contributed by atoms with van der Waals surface area (Å²) >= 11 is 0. The van der Waals surface area contributed by atoms with Gasteiger partial charge < -0.3 is 4.74 Å². The maximum absolute atomic E-state index is 12.7. The first-order valence-electron chi connectivity index (χ1n) is 5.09. The van der Waals surface area contributed by atoms with Gasteiger partial charge in [0.15, 0.2) is 5.78 Å². The molecule has 0 amide bonds. The number of carbonyl (C=O) groups is 2. The molecule has 0 spiro atoms. The highest BCUT2D eigenvalue weighted by Crippen LogP contribution is 2.32. The van der Waals surface area contributed by atoms with Crippen molar-refractivity contribution in [1.29, 1.82) is 0 Å². The van der Waals surface area contributed by atoms with Crippen molar-refractivity contribution in [2.75, 3.05) is 7.11 Å². The van der Waals surface area contributed by atoms with E-state index >= 15 is 0 Å². The summed E-state index contributed by atoms with van der Waals surface area (Å²) in [5.74, 6) is -4.57. The van der Waals surface area contributed by atoms with Crippen LogP contribution in [0.1, 0.15) is 16.8 Å². The molecule has 0 radical (unpaired) electrons. The molecular weight excluding hydrogens is 249 g/mol. The van der Waals surface area contributed by atoms with Gasteiger partial charge in [0.05, 0.1) is 13.5 Å². The molecule has 3 nitrogen and oxygen atoms in total. The van der Waals surface area contributed by atoms with Crippen LogP contribution in [0.2, 0.25) is 0 Å². The third-order valence-corrected chi connectivity index (χ3v) is 2.37. The summed E-state index contributed by atoms with van der Waals surface area (Å²) in [5, 5.41) is 0. The lowest BCUT2D eigenvalue weighted by molar-refractivity contribution is -0.172. The van der Waals surface area contributed by atoms with Crippen LogP contribution in [0.15, 0.2) is 30.3 Å². The standard InChI is InChI=1S/C12H11F3O3/c1-18-10(16)7-9(12(13,14)15)11(17)8-5-3-2-4-6-8/h2-6,9H,7H2,1H3. The Morgan fingerprint density at radius 1 is 1.22 bits per heavy atom. The second kappa shape index (κ2) is 5.66. The number of methoxy groups -OCH3 is 1. The van der Waals surface area contributed by atoms with Gasteiger partial charge in [-0.1, -0.05) is 30.3 Å². The van der Waals surface area contributed by atoms with Crippen LogP contribution in [0.25, 0.3) is 0 Å². The zero-order valence-corrected chi connectivity index (χ0v) is 9.53. The number of esters is 1. The average Bonchev–Trinajstić information content (AvgIpc) is 2.34. The van der Waals surface area contributed by atoms with E-state index in [4.69, 9.17) is 0 Å². The second-order valence-electron chi connectivity index (χ2n) is 3.60. The Morgan fingerprint density at radius 3 is 2.22 bits per heavy atom. The highest BCUT2D eigenvalue weighted by Gasteiger charge is 2.46. The molecule has 0 aliphatic rings. The smallest absolute Gasteiger partial charge is 0.399 e. The molecular formula is C12H11F3O3. The van der Waals surface area contributed by atoms with Crippen molar-refractivity contribution in [2.24, 2.45) is 5.92 Å². The molecule has 1 aromatic rings. The Hall–Kier alpha value is -1.85.